The van der Waals surface area contributed by atoms with E-state index in [9.17, 15) is 9.59 Å². The van der Waals surface area contributed by atoms with Crippen LogP contribution in [-0.2, 0) is 19.1 Å². The molecule has 2 atom stereocenters. The summed E-state index contributed by atoms with van der Waals surface area (Å²) in [5.74, 6) is -0.735. The van der Waals surface area contributed by atoms with Crippen molar-refractivity contribution in [2.24, 2.45) is 0 Å². The van der Waals surface area contributed by atoms with Crippen molar-refractivity contribution in [2.45, 2.75) is 23.5 Å². The van der Waals surface area contributed by atoms with Gasteiger partial charge in [-0.2, -0.15) is 0 Å². The van der Waals surface area contributed by atoms with Crippen LogP contribution in [0.3, 0.4) is 0 Å². The number of esters is 2. The minimum atomic E-state index is -0.368. The van der Waals surface area contributed by atoms with E-state index in [0.29, 0.717) is 0 Å². The summed E-state index contributed by atoms with van der Waals surface area (Å²) in [6, 6.07) is 0. The van der Waals surface area contributed by atoms with Crippen LogP contribution in [0.5, 0.6) is 0 Å². The van der Waals surface area contributed by atoms with Gasteiger partial charge in [0, 0.05) is 0 Å². The number of hydrogen-bond acceptors (Lipinski definition) is 4. The molecule has 0 radical (unpaired) electrons. The maximum Gasteiger partial charge on any atom is 0.319 e. The van der Waals surface area contributed by atoms with Crippen LogP contribution in [-0.4, -0.2) is 34.8 Å². The van der Waals surface area contributed by atoms with Crippen LogP contribution >= 0.6 is 31.9 Å². The topological polar surface area (TPSA) is 52.6 Å². The highest BCUT2D eigenvalue weighted by Gasteiger charge is 2.12. The van der Waals surface area contributed by atoms with E-state index in [1.54, 1.807) is 13.8 Å². The van der Waals surface area contributed by atoms with E-state index in [-0.39, 0.29) is 34.8 Å². The predicted molar refractivity (Wildman–Crippen MR) is 58.7 cm³/mol. The fourth-order valence-corrected chi connectivity index (χ4v) is 0.779. The second-order valence-electron chi connectivity index (χ2n) is 2.57. The van der Waals surface area contributed by atoms with Crippen LogP contribution in [0.1, 0.15) is 13.8 Å². The van der Waals surface area contributed by atoms with Crippen LogP contribution in [0.25, 0.3) is 0 Å². The zero-order valence-electron chi connectivity index (χ0n) is 7.96. The SMILES string of the molecule is C[C@H](Br)C(=O)OCCOC(=O)[C@@H](C)Br. The maximum atomic E-state index is 10.9. The lowest BCUT2D eigenvalue weighted by Gasteiger charge is -2.07. The molecule has 0 saturated heterocycles. The summed E-state index contributed by atoms with van der Waals surface area (Å²) in [4.78, 5) is 21.1. The molecule has 0 amide bonds. The minimum absolute atomic E-state index is 0.0836. The van der Waals surface area contributed by atoms with Crippen LogP contribution in [0.4, 0.5) is 0 Å². The Morgan fingerprint density at radius 2 is 1.29 bits per heavy atom. The van der Waals surface area contributed by atoms with Gasteiger partial charge >= 0.3 is 11.9 Å². The third-order valence-electron chi connectivity index (χ3n) is 1.22. The van der Waals surface area contributed by atoms with Crippen LogP contribution in [0, 0.1) is 0 Å². The molecule has 0 heterocycles. The molecule has 82 valence electrons. The Morgan fingerprint density at radius 3 is 1.50 bits per heavy atom. The van der Waals surface area contributed by atoms with Gasteiger partial charge in [-0.05, 0) is 13.8 Å². The number of halogens is 2. The molecule has 14 heavy (non-hydrogen) atoms. The van der Waals surface area contributed by atoms with Gasteiger partial charge in [0.1, 0.15) is 22.9 Å². The summed E-state index contributed by atoms with van der Waals surface area (Å²) in [6.45, 7) is 3.49. The van der Waals surface area contributed by atoms with Crippen LogP contribution in [0.2, 0.25) is 0 Å². The van der Waals surface area contributed by atoms with Crippen molar-refractivity contribution in [3.05, 3.63) is 0 Å². The second kappa shape index (κ2) is 7.23. The van der Waals surface area contributed by atoms with Crippen molar-refractivity contribution in [3.8, 4) is 0 Å². The Labute approximate surface area is 99.6 Å². The number of alkyl halides is 2. The molecule has 0 bridgehead atoms. The average molecular weight is 332 g/mol. The van der Waals surface area contributed by atoms with Crippen molar-refractivity contribution in [1.82, 2.24) is 0 Å². The van der Waals surface area contributed by atoms with Crippen molar-refractivity contribution in [2.75, 3.05) is 13.2 Å². The number of rotatable bonds is 5. The first-order chi connectivity index (χ1) is 6.45. The van der Waals surface area contributed by atoms with Gasteiger partial charge in [-0.15, -0.1) is 0 Å². The van der Waals surface area contributed by atoms with E-state index in [1.807, 2.05) is 0 Å². The van der Waals surface area contributed by atoms with E-state index in [2.05, 4.69) is 31.9 Å². The standard InChI is InChI=1S/C8H12Br2O4/c1-5(9)7(11)13-3-4-14-8(12)6(2)10/h5-6H,3-4H2,1-2H3/t5-,6+. The third-order valence-corrected chi connectivity index (χ3v) is 1.97. The van der Waals surface area contributed by atoms with Gasteiger partial charge < -0.3 is 9.47 Å². The lowest BCUT2D eigenvalue weighted by Crippen LogP contribution is -2.20. The van der Waals surface area contributed by atoms with Gasteiger partial charge in [-0.1, -0.05) is 31.9 Å². The van der Waals surface area contributed by atoms with E-state index >= 15 is 0 Å². The minimum Gasteiger partial charge on any atom is -0.461 e. The monoisotopic (exact) mass is 330 g/mol. The van der Waals surface area contributed by atoms with Gasteiger partial charge in [0.25, 0.3) is 0 Å². The van der Waals surface area contributed by atoms with Gasteiger partial charge in [-0.25, -0.2) is 0 Å². The summed E-state index contributed by atoms with van der Waals surface area (Å²) >= 11 is 6.11. The molecule has 0 aromatic heterocycles. The quantitative estimate of drug-likeness (QED) is 0.436. The Morgan fingerprint density at radius 1 is 1.00 bits per heavy atom. The molecule has 4 nitrogen and oxygen atoms in total. The van der Waals surface area contributed by atoms with Crippen LogP contribution < -0.4 is 0 Å². The second-order valence-corrected chi connectivity index (χ2v) is 5.31. The summed E-state index contributed by atoms with van der Waals surface area (Å²) in [6.07, 6.45) is 0. The molecular weight excluding hydrogens is 320 g/mol. The predicted octanol–water partition coefficient (Wildman–Crippen LogP) is 1.64. The molecule has 0 fully saturated rings. The molecule has 0 aliphatic heterocycles. The fraction of sp³-hybridized carbons (Fsp3) is 0.750. The van der Waals surface area contributed by atoms with E-state index in [0.717, 1.165) is 0 Å². The van der Waals surface area contributed by atoms with Crippen LogP contribution in [0.15, 0.2) is 0 Å². The smallest absolute Gasteiger partial charge is 0.319 e. The Hall–Kier alpha value is -0.100. The highest BCUT2D eigenvalue weighted by Crippen LogP contribution is 2.01. The van der Waals surface area contributed by atoms with Crippen molar-refractivity contribution >= 4 is 43.8 Å². The zero-order valence-corrected chi connectivity index (χ0v) is 11.1. The van der Waals surface area contributed by atoms with Crippen molar-refractivity contribution < 1.29 is 19.1 Å². The molecule has 0 unspecified atom stereocenters. The zero-order chi connectivity index (χ0) is 11.1. The summed E-state index contributed by atoms with van der Waals surface area (Å²) in [7, 11) is 0. The maximum absolute atomic E-state index is 10.9. The van der Waals surface area contributed by atoms with Gasteiger partial charge in [-0.3, -0.25) is 9.59 Å². The number of hydrogen-bond donors (Lipinski definition) is 0. The van der Waals surface area contributed by atoms with Gasteiger partial charge in [0.2, 0.25) is 0 Å². The molecule has 0 aliphatic rings. The van der Waals surface area contributed by atoms with Gasteiger partial charge in [0.05, 0.1) is 0 Å². The van der Waals surface area contributed by atoms with Crippen molar-refractivity contribution in [1.29, 1.82) is 0 Å². The Balaban J connectivity index is 3.48. The first kappa shape index (κ1) is 13.9. The largest absolute Gasteiger partial charge is 0.461 e. The first-order valence-electron chi connectivity index (χ1n) is 4.06. The third kappa shape index (κ3) is 6.37. The molecule has 0 aromatic carbocycles. The van der Waals surface area contributed by atoms with Crippen molar-refractivity contribution in [3.63, 3.8) is 0 Å². The van der Waals surface area contributed by atoms with E-state index in [4.69, 9.17) is 9.47 Å². The molecular formula is C8H12Br2O4. The summed E-state index contributed by atoms with van der Waals surface area (Å²) in [5.41, 5.74) is 0. The fourth-order valence-electron chi connectivity index (χ4n) is 0.514. The molecule has 0 aliphatic carbocycles. The lowest BCUT2D eigenvalue weighted by molar-refractivity contribution is -0.151. The summed E-state index contributed by atoms with van der Waals surface area (Å²) in [5, 5.41) is 0. The first-order valence-corrected chi connectivity index (χ1v) is 5.89. The van der Waals surface area contributed by atoms with E-state index in [1.165, 1.54) is 0 Å². The van der Waals surface area contributed by atoms with Gasteiger partial charge in [0.15, 0.2) is 0 Å². The summed E-state index contributed by atoms with van der Waals surface area (Å²) < 4.78 is 9.51. The Bertz CT molecular complexity index is 182. The highest BCUT2D eigenvalue weighted by atomic mass is 79.9. The molecule has 0 spiro atoms. The number of ether oxygens (including phenoxy) is 2. The van der Waals surface area contributed by atoms with E-state index < -0.39 is 0 Å². The average Bonchev–Trinajstić information content (AvgIpc) is 2.11. The molecule has 0 saturated carbocycles. The number of carbonyl (C=O) groups is 2. The molecule has 0 N–H and O–H groups in total. The molecule has 6 heteroatoms. The number of carbonyl (C=O) groups excluding carboxylic acids is 2. The normalized spacial score (nSPS) is 14.3. The molecule has 0 rings (SSSR count). The lowest BCUT2D eigenvalue weighted by atomic mass is 10.5. The molecule has 0 aromatic rings. The highest BCUT2D eigenvalue weighted by molar-refractivity contribution is 9.10. The Kier molecular flexibility index (Phi) is 7.17.